The van der Waals surface area contributed by atoms with Crippen LogP contribution in [-0.4, -0.2) is 12.1 Å². The van der Waals surface area contributed by atoms with Crippen LogP contribution in [-0.2, 0) is 0 Å². The van der Waals surface area contributed by atoms with Gasteiger partial charge in [0.15, 0.2) is 0 Å². The molecule has 14 heavy (non-hydrogen) atoms. The number of rotatable bonds is 2. The largest absolute Gasteiger partial charge is 0.335 e. The number of allylic oxidation sites excluding steroid dienone is 1. The van der Waals surface area contributed by atoms with Gasteiger partial charge in [0.2, 0.25) is 0 Å². The summed E-state index contributed by atoms with van der Waals surface area (Å²) in [6.07, 6.45) is 4.84. The van der Waals surface area contributed by atoms with Crippen LogP contribution in [0, 0.1) is 5.92 Å². The van der Waals surface area contributed by atoms with E-state index >= 15 is 0 Å². The first kappa shape index (κ1) is 11.1. The Bertz CT molecular complexity index is 225. The summed E-state index contributed by atoms with van der Waals surface area (Å²) in [6.45, 7) is 7.62. The van der Waals surface area contributed by atoms with Gasteiger partial charge in [0.1, 0.15) is 0 Å². The Balaban J connectivity index is 2.34. The van der Waals surface area contributed by atoms with Crippen LogP contribution < -0.4 is 10.6 Å². The SMILES string of the molecule is C=C(C)NC(=O)NC1CCCCC1C. The van der Waals surface area contributed by atoms with Gasteiger partial charge in [-0.25, -0.2) is 4.79 Å². The summed E-state index contributed by atoms with van der Waals surface area (Å²) < 4.78 is 0. The van der Waals surface area contributed by atoms with Crippen LogP contribution in [0.2, 0.25) is 0 Å². The molecule has 2 N–H and O–H groups in total. The number of carbonyl (C=O) groups is 1. The number of carbonyl (C=O) groups excluding carboxylic acids is 1. The molecule has 2 unspecified atom stereocenters. The topological polar surface area (TPSA) is 41.1 Å². The molecular formula is C11H20N2O. The highest BCUT2D eigenvalue weighted by Gasteiger charge is 2.22. The van der Waals surface area contributed by atoms with Crippen molar-refractivity contribution in [2.45, 2.75) is 45.6 Å². The predicted octanol–water partition coefficient (Wildman–Crippen LogP) is 2.40. The Morgan fingerprint density at radius 2 is 2.00 bits per heavy atom. The van der Waals surface area contributed by atoms with Gasteiger partial charge in [0, 0.05) is 11.7 Å². The molecule has 0 spiro atoms. The van der Waals surface area contributed by atoms with E-state index in [-0.39, 0.29) is 6.03 Å². The molecule has 0 saturated heterocycles. The van der Waals surface area contributed by atoms with Gasteiger partial charge in [-0.1, -0.05) is 26.3 Å². The Morgan fingerprint density at radius 1 is 1.36 bits per heavy atom. The van der Waals surface area contributed by atoms with Crippen molar-refractivity contribution in [2.24, 2.45) is 5.92 Å². The summed E-state index contributed by atoms with van der Waals surface area (Å²) in [5.74, 6) is 0.597. The van der Waals surface area contributed by atoms with E-state index in [2.05, 4.69) is 24.1 Å². The fourth-order valence-corrected chi connectivity index (χ4v) is 1.93. The van der Waals surface area contributed by atoms with Crippen LogP contribution in [0.3, 0.4) is 0 Å². The standard InChI is InChI=1S/C11H20N2O/c1-8(2)12-11(14)13-10-7-5-4-6-9(10)3/h9-10H,1,4-7H2,2-3H3,(H2,12,13,14). The molecule has 0 aromatic carbocycles. The molecule has 80 valence electrons. The molecule has 1 aliphatic rings. The smallest absolute Gasteiger partial charge is 0.319 e. The van der Waals surface area contributed by atoms with E-state index in [4.69, 9.17) is 0 Å². The van der Waals surface area contributed by atoms with Gasteiger partial charge in [-0.05, 0) is 25.7 Å². The van der Waals surface area contributed by atoms with Crippen LogP contribution in [0.1, 0.15) is 39.5 Å². The minimum Gasteiger partial charge on any atom is -0.335 e. The van der Waals surface area contributed by atoms with Crippen molar-refractivity contribution in [3.63, 3.8) is 0 Å². The van der Waals surface area contributed by atoms with E-state index in [1.807, 2.05) is 0 Å². The third-order valence-corrected chi connectivity index (χ3v) is 2.75. The van der Waals surface area contributed by atoms with Crippen LogP contribution >= 0.6 is 0 Å². The van der Waals surface area contributed by atoms with Crippen molar-refractivity contribution in [1.29, 1.82) is 0 Å². The van der Waals surface area contributed by atoms with Gasteiger partial charge in [-0.15, -0.1) is 0 Å². The van der Waals surface area contributed by atoms with Gasteiger partial charge >= 0.3 is 6.03 Å². The van der Waals surface area contributed by atoms with Crippen LogP contribution in [0.15, 0.2) is 12.3 Å². The molecule has 0 bridgehead atoms. The lowest BCUT2D eigenvalue weighted by Crippen LogP contribution is -2.45. The number of hydrogen-bond acceptors (Lipinski definition) is 1. The van der Waals surface area contributed by atoms with E-state index in [1.165, 1.54) is 19.3 Å². The molecule has 1 rings (SSSR count). The van der Waals surface area contributed by atoms with Crippen LogP contribution in [0.25, 0.3) is 0 Å². The molecule has 0 aromatic heterocycles. The molecule has 0 aromatic rings. The molecule has 1 saturated carbocycles. The van der Waals surface area contributed by atoms with Crippen molar-refractivity contribution in [3.05, 3.63) is 12.3 Å². The molecule has 0 aliphatic heterocycles. The number of hydrogen-bond donors (Lipinski definition) is 2. The molecule has 0 heterocycles. The highest BCUT2D eigenvalue weighted by molar-refractivity contribution is 5.75. The first-order chi connectivity index (χ1) is 6.59. The average Bonchev–Trinajstić information content (AvgIpc) is 2.07. The molecule has 1 aliphatic carbocycles. The minimum atomic E-state index is -0.115. The van der Waals surface area contributed by atoms with E-state index in [9.17, 15) is 4.79 Å². The van der Waals surface area contributed by atoms with E-state index in [1.54, 1.807) is 6.92 Å². The van der Waals surface area contributed by atoms with Crippen molar-refractivity contribution in [1.82, 2.24) is 10.6 Å². The Hall–Kier alpha value is -0.990. The number of urea groups is 1. The normalized spacial score (nSPS) is 26.7. The third kappa shape index (κ3) is 3.40. The summed E-state index contributed by atoms with van der Waals surface area (Å²) in [4.78, 5) is 11.4. The Labute approximate surface area is 86.0 Å². The van der Waals surface area contributed by atoms with Gasteiger partial charge in [0.05, 0.1) is 0 Å². The number of nitrogens with one attached hydrogen (secondary N) is 2. The van der Waals surface area contributed by atoms with Gasteiger partial charge in [-0.3, -0.25) is 0 Å². The molecule has 2 atom stereocenters. The first-order valence-electron chi connectivity index (χ1n) is 5.32. The van der Waals surface area contributed by atoms with Crippen LogP contribution in [0.5, 0.6) is 0 Å². The summed E-state index contributed by atoms with van der Waals surface area (Å²) in [5.41, 5.74) is 0.686. The maximum Gasteiger partial charge on any atom is 0.319 e. The second kappa shape index (κ2) is 5.03. The van der Waals surface area contributed by atoms with Gasteiger partial charge in [-0.2, -0.15) is 0 Å². The molecular weight excluding hydrogens is 176 g/mol. The summed E-state index contributed by atoms with van der Waals surface area (Å²) in [7, 11) is 0. The average molecular weight is 196 g/mol. The monoisotopic (exact) mass is 196 g/mol. The van der Waals surface area contributed by atoms with Crippen molar-refractivity contribution < 1.29 is 4.79 Å². The highest BCUT2D eigenvalue weighted by Crippen LogP contribution is 2.23. The van der Waals surface area contributed by atoms with Gasteiger partial charge < -0.3 is 10.6 Å². The lowest BCUT2D eigenvalue weighted by Gasteiger charge is -2.29. The van der Waals surface area contributed by atoms with E-state index in [0.717, 1.165) is 6.42 Å². The molecule has 1 fully saturated rings. The maximum absolute atomic E-state index is 11.4. The fraction of sp³-hybridized carbons (Fsp3) is 0.727. The molecule has 3 nitrogen and oxygen atoms in total. The summed E-state index contributed by atoms with van der Waals surface area (Å²) in [5, 5.41) is 5.66. The second-order valence-corrected chi connectivity index (χ2v) is 4.25. The maximum atomic E-state index is 11.4. The minimum absolute atomic E-state index is 0.115. The van der Waals surface area contributed by atoms with Crippen molar-refractivity contribution in [2.75, 3.05) is 0 Å². The first-order valence-corrected chi connectivity index (χ1v) is 5.32. The number of amides is 2. The van der Waals surface area contributed by atoms with E-state index < -0.39 is 0 Å². The molecule has 2 amide bonds. The van der Waals surface area contributed by atoms with Crippen LogP contribution in [0.4, 0.5) is 4.79 Å². The zero-order chi connectivity index (χ0) is 10.6. The van der Waals surface area contributed by atoms with E-state index in [0.29, 0.717) is 17.7 Å². The lowest BCUT2D eigenvalue weighted by molar-refractivity contribution is 0.224. The second-order valence-electron chi connectivity index (χ2n) is 4.25. The fourth-order valence-electron chi connectivity index (χ4n) is 1.93. The Kier molecular flexibility index (Phi) is 3.98. The zero-order valence-corrected chi connectivity index (χ0v) is 9.10. The third-order valence-electron chi connectivity index (χ3n) is 2.75. The Morgan fingerprint density at radius 3 is 2.57 bits per heavy atom. The molecule has 0 radical (unpaired) electrons. The summed E-state index contributed by atoms with van der Waals surface area (Å²) >= 11 is 0. The quantitative estimate of drug-likeness (QED) is 0.699. The summed E-state index contributed by atoms with van der Waals surface area (Å²) in [6, 6.07) is 0.222. The lowest BCUT2D eigenvalue weighted by atomic mass is 9.86. The van der Waals surface area contributed by atoms with Crippen molar-refractivity contribution >= 4 is 6.03 Å². The molecule has 3 heteroatoms. The highest BCUT2D eigenvalue weighted by atomic mass is 16.2. The van der Waals surface area contributed by atoms with Crippen molar-refractivity contribution in [3.8, 4) is 0 Å². The van der Waals surface area contributed by atoms with Gasteiger partial charge in [0.25, 0.3) is 0 Å². The zero-order valence-electron chi connectivity index (χ0n) is 9.10. The predicted molar refractivity (Wildman–Crippen MR) is 57.9 cm³/mol.